The molecule has 2 unspecified atom stereocenters. The number of unbranched alkanes of at least 4 members (excludes halogenated alkanes) is 9. The van der Waals surface area contributed by atoms with Crippen LogP contribution in [0.1, 0.15) is 211 Å². The molecular formula is C64H102O13S2. The van der Waals surface area contributed by atoms with Gasteiger partial charge >= 0.3 is 0 Å². The quantitative estimate of drug-likeness (QED) is 0.0301. The van der Waals surface area contributed by atoms with Gasteiger partial charge in [-0.2, -0.15) is 0 Å². The van der Waals surface area contributed by atoms with Gasteiger partial charge in [0.1, 0.15) is 33.9 Å². The predicted octanol–water partition coefficient (Wildman–Crippen LogP) is 16.3. The molecule has 0 radical (unpaired) electrons. The summed E-state index contributed by atoms with van der Waals surface area (Å²) in [5.41, 5.74) is -1.22. The summed E-state index contributed by atoms with van der Waals surface area (Å²) in [5, 5.41) is 0. The molecule has 79 heavy (non-hydrogen) atoms. The first-order valence-electron chi connectivity index (χ1n) is 30.5. The van der Waals surface area contributed by atoms with E-state index in [0.29, 0.717) is 107 Å². The van der Waals surface area contributed by atoms with Crippen LogP contribution in [0.2, 0.25) is 0 Å². The van der Waals surface area contributed by atoms with Crippen molar-refractivity contribution in [3.8, 4) is 51.7 Å². The van der Waals surface area contributed by atoms with Crippen LogP contribution in [0.5, 0.6) is 51.7 Å². The fraction of sp³-hybridized carbons (Fsp3) is 0.703. The summed E-state index contributed by atoms with van der Waals surface area (Å²) in [6.07, 6.45) is 19.1. The number of hydrogen-bond donors (Lipinski definition) is 0. The number of fused-ring (bicyclic) bond motifs is 2. The highest BCUT2D eigenvalue weighted by molar-refractivity contribution is 7.97. The minimum atomic E-state index is -4.33. The number of Topliss-reactive ketones (excluding diaryl/α,β-unsaturated/α-hetero) is 1. The lowest BCUT2D eigenvalue weighted by atomic mass is 9.70. The minimum Gasteiger partial charge on any atom is -0.748 e. The van der Waals surface area contributed by atoms with Crippen LogP contribution in [0.25, 0.3) is 0 Å². The van der Waals surface area contributed by atoms with Crippen LogP contribution in [0.3, 0.4) is 0 Å². The summed E-state index contributed by atoms with van der Waals surface area (Å²) in [5.74, 6) is 6.05. The number of rotatable bonds is 41. The van der Waals surface area contributed by atoms with Crippen molar-refractivity contribution in [1.82, 2.24) is 0 Å². The van der Waals surface area contributed by atoms with Gasteiger partial charge in [-0.15, -0.1) is 0 Å². The maximum Gasteiger partial charge on any atom is 0.250 e. The zero-order valence-electron chi connectivity index (χ0n) is 50.6. The van der Waals surface area contributed by atoms with Gasteiger partial charge in [0.05, 0.1) is 75.3 Å². The molecule has 0 N–H and O–H groups in total. The molecule has 0 saturated heterocycles. The Morgan fingerprint density at radius 1 is 0.443 bits per heavy atom. The molecule has 0 aliphatic heterocycles. The summed E-state index contributed by atoms with van der Waals surface area (Å²) in [4.78, 5) is 14.5. The summed E-state index contributed by atoms with van der Waals surface area (Å²) >= 11 is 0. The van der Waals surface area contributed by atoms with E-state index in [2.05, 4.69) is 98.7 Å². The standard InChI is InChI=1S/C54H87O9S.C10H16O4S/c1-10-19-28-55-43-37-46(58-31-22-13-4)52(47(38-43)59-32-23-14-5)64(53-48(60-33-24-15-6)39-44(56-29-20-11-2)40-49(53)61-34-25-16-7)54-50(62-35-26-17-8)41-45(57-30-21-12-3)42-51(54)63-36-27-18-9;1-9(2)7-3-4-10(9,8(11)5-7)6-15(12,13)14/h37-42H,10-36H2,1-9H3;7H,3-6H2,1-2H3,(H,12,13,14)/q+1;/p-1. The molecule has 2 aliphatic carbocycles. The molecule has 2 bridgehead atoms. The van der Waals surface area contributed by atoms with E-state index in [1.165, 1.54) is 0 Å². The smallest absolute Gasteiger partial charge is 0.250 e. The number of carbonyl (C=O) groups is 1. The second-order valence-electron chi connectivity index (χ2n) is 21.7. The van der Waals surface area contributed by atoms with E-state index in [4.69, 9.17) is 42.6 Å². The second-order valence-corrected chi connectivity index (χ2v) is 25.0. The zero-order chi connectivity index (χ0) is 57.7. The third kappa shape index (κ3) is 20.0. The first kappa shape index (κ1) is 67.3. The minimum absolute atomic E-state index is 0.0248. The monoisotopic (exact) mass is 1140 g/mol. The van der Waals surface area contributed by atoms with Gasteiger partial charge in [-0.05, 0) is 82.0 Å². The van der Waals surface area contributed by atoms with Gasteiger partial charge < -0.3 is 47.2 Å². The number of benzene rings is 3. The van der Waals surface area contributed by atoms with Crippen molar-refractivity contribution in [2.75, 3.05) is 65.2 Å². The number of carbonyl (C=O) groups excluding carboxylic acids is 1. The van der Waals surface area contributed by atoms with E-state index in [9.17, 15) is 17.8 Å². The highest BCUT2D eigenvalue weighted by Crippen LogP contribution is 2.64. The molecule has 448 valence electrons. The Balaban J connectivity index is 0.000000763. The lowest BCUT2D eigenvalue weighted by Crippen LogP contribution is -2.42. The van der Waals surface area contributed by atoms with Crippen molar-refractivity contribution in [3.63, 3.8) is 0 Å². The first-order valence-corrected chi connectivity index (χ1v) is 33.3. The van der Waals surface area contributed by atoms with Crippen molar-refractivity contribution in [3.05, 3.63) is 36.4 Å². The third-order valence-corrected chi connectivity index (χ3v) is 18.3. The second kappa shape index (κ2) is 35.6. The van der Waals surface area contributed by atoms with Crippen LogP contribution >= 0.6 is 0 Å². The van der Waals surface area contributed by atoms with Crippen LogP contribution in [0.4, 0.5) is 0 Å². The van der Waals surface area contributed by atoms with Crippen LogP contribution in [-0.4, -0.2) is 84.0 Å². The number of ether oxygens (including phenoxy) is 9. The normalized spacial score (nSPS) is 16.4. The fourth-order valence-corrected chi connectivity index (χ4v) is 13.6. The maximum atomic E-state index is 11.8. The Morgan fingerprint density at radius 3 is 0.873 bits per heavy atom. The molecule has 5 rings (SSSR count). The van der Waals surface area contributed by atoms with E-state index in [-0.39, 0.29) is 17.1 Å². The topological polar surface area (TPSA) is 157 Å². The first-order chi connectivity index (χ1) is 38.1. The number of ketones is 1. The Hall–Kier alpha value is -4.21. The van der Waals surface area contributed by atoms with Gasteiger partial charge in [0.15, 0.2) is 34.5 Å². The molecule has 2 atom stereocenters. The third-order valence-electron chi connectivity index (χ3n) is 15.0. The highest BCUT2D eigenvalue weighted by Gasteiger charge is 2.64. The maximum absolute atomic E-state index is 11.8. The molecule has 3 aromatic rings. The Morgan fingerprint density at radius 2 is 0.684 bits per heavy atom. The molecule has 2 aliphatic rings. The van der Waals surface area contributed by atoms with E-state index in [0.717, 1.165) is 154 Å². The van der Waals surface area contributed by atoms with E-state index in [1.54, 1.807) is 0 Å². The van der Waals surface area contributed by atoms with Crippen LogP contribution in [0, 0.1) is 16.7 Å². The van der Waals surface area contributed by atoms with Crippen LogP contribution < -0.4 is 42.6 Å². The Labute approximate surface area is 480 Å². The van der Waals surface area contributed by atoms with E-state index >= 15 is 0 Å². The molecule has 13 nitrogen and oxygen atoms in total. The van der Waals surface area contributed by atoms with Crippen molar-refractivity contribution in [2.45, 2.75) is 226 Å². The molecule has 3 aromatic carbocycles. The predicted molar refractivity (Wildman–Crippen MR) is 318 cm³/mol. The van der Waals surface area contributed by atoms with Gasteiger partial charge in [0.25, 0.3) is 14.7 Å². The summed E-state index contributed by atoms with van der Waals surface area (Å²) in [7, 11) is -5.41. The van der Waals surface area contributed by atoms with Gasteiger partial charge in [0, 0.05) is 48.2 Å². The average molecular weight is 1140 g/mol. The highest BCUT2D eigenvalue weighted by atomic mass is 32.2. The summed E-state index contributed by atoms with van der Waals surface area (Å²) in [6.45, 7) is 28.5. The van der Waals surface area contributed by atoms with Gasteiger partial charge in [0.2, 0.25) is 0 Å². The molecule has 0 amide bonds. The molecular weight excluding hydrogens is 1040 g/mol. The summed E-state index contributed by atoms with van der Waals surface area (Å²) in [6, 6.07) is 12.3. The lowest BCUT2D eigenvalue weighted by molar-refractivity contribution is -0.128. The zero-order valence-corrected chi connectivity index (χ0v) is 52.2. The lowest BCUT2D eigenvalue weighted by Gasteiger charge is -2.37. The molecule has 15 heteroatoms. The van der Waals surface area contributed by atoms with Gasteiger partial charge in [-0.25, -0.2) is 8.42 Å². The molecule has 2 fully saturated rings. The SMILES string of the molecule is CC1(C)C2CCC1(CS(=O)(=O)[O-])C(=O)C2.CCCCOc1cc(OCCCC)c([S+](c2c(OCCCC)cc(OCCCC)cc2OCCCC)c2c(OCCCC)cc(OCCCC)cc2OCCCC)c(OCCCC)c1. The van der Waals surface area contributed by atoms with Crippen molar-refractivity contribution >= 4 is 26.8 Å². The molecule has 0 heterocycles. The van der Waals surface area contributed by atoms with Crippen molar-refractivity contribution in [2.24, 2.45) is 16.7 Å². The largest absolute Gasteiger partial charge is 0.748 e. The van der Waals surface area contributed by atoms with Gasteiger partial charge in [-0.3, -0.25) is 4.79 Å². The molecule has 2 saturated carbocycles. The molecule has 0 aromatic heterocycles. The van der Waals surface area contributed by atoms with E-state index in [1.807, 2.05) is 13.8 Å². The Kier molecular flexibility index (Phi) is 30.3. The average Bonchev–Trinajstić information content (AvgIpc) is 3.81. The van der Waals surface area contributed by atoms with Crippen LogP contribution in [-0.2, 0) is 25.8 Å². The summed E-state index contributed by atoms with van der Waals surface area (Å²) < 4.78 is 93.9. The number of hydrogen-bond acceptors (Lipinski definition) is 13. The fourth-order valence-electron chi connectivity index (χ4n) is 9.83. The van der Waals surface area contributed by atoms with Gasteiger partial charge in [-0.1, -0.05) is 134 Å². The van der Waals surface area contributed by atoms with Crippen LogP contribution in [0.15, 0.2) is 51.1 Å². The van der Waals surface area contributed by atoms with Crippen molar-refractivity contribution < 1.29 is 60.4 Å². The molecule has 0 spiro atoms. The van der Waals surface area contributed by atoms with E-state index < -0.39 is 32.2 Å². The van der Waals surface area contributed by atoms with Crippen molar-refractivity contribution in [1.29, 1.82) is 0 Å². The Bertz CT molecular complexity index is 2070.